The summed E-state index contributed by atoms with van der Waals surface area (Å²) in [5.74, 6) is -0.437. The molecule has 0 bridgehead atoms. The summed E-state index contributed by atoms with van der Waals surface area (Å²) in [5.41, 5.74) is 13.1. The first-order valence-electron chi connectivity index (χ1n) is 6.39. The highest BCUT2D eigenvalue weighted by molar-refractivity contribution is 5.99. The van der Waals surface area contributed by atoms with Crippen LogP contribution in [0.3, 0.4) is 0 Å². The van der Waals surface area contributed by atoms with E-state index in [-0.39, 0.29) is 6.61 Å². The predicted molar refractivity (Wildman–Crippen MR) is 75.1 cm³/mol. The largest absolute Gasteiger partial charge is 0.399 e. The normalized spacial score (nSPS) is 16.6. The zero-order valence-corrected chi connectivity index (χ0v) is 10.9. The minimum Gasteiger partial charge on any atom is -0.399 e. The van der Waals surface area contributed by atoms with Gasteiger partial charge in [-0.05, 0) is 18.2 Å². The van der Waals surface area contributed by atoms with E-state index in [4.69, 9.17) is 16.6 Å². The lowest BCUT2D eigenvalue weighted by molar-refractivity contribution is 0.100. The number of nitrogen functional groups attached to an aromatic ring is 1. The van der Waals surface area contributed by atoms with Crippen molar-refractivity contribution in [1.29, 1.82) is 0 Å². The topological polar surface area (TPSA) is 95.8 Å². The molecule has 6 nitrogen and oxygen atoms in total. The number of aliphatic hydroxyl groups excluding tert-OH is 1. The second kappa shape index (κ2) is 5.90. The number of benzene rings is 1. The molecule has 19 heavy (non-hydrogen) atoms. The predicted octanol–water partition coefficient (Wildman–Crippen LogP) is -0.518. The molecular weight excluding hydrogens is 244 g/mol. The summed E-state index contributed by atoms with van der Waals surface area (Å²) in [5, 5.41) is 8.92. The Morgan fingerprint density at radius 3 is 2.53 bits per heavy atom. The van der Waals surface area contributed by atoms with Gasteiger partial charge in [-0.25, -0.2) is 0 Å². The second-order valence-electron chi connectivity index (χ2n) is 4.69. The summed E-state index contributed by atoms with van der Waals surface area (Å²) in [7, 11) is 0. The Kier molecular flexibility index (Phi) is 4.24. The summed E-state index contributed by atoms with van der Waals surface area (Å²) >= 11 is 0. The average molecular weight is 264 g/mol. The molecule has 0 aromatic heterocycles. The van der Waals surface area contributed by atoms with Gasteiger partial charge in [0.2, 0.25) is 0 Å². The number of hydrogen-bond acceptors (Lipinski definition) is 5. The summed E-state index contributed by atoms with van der Waals surface area (Å²) in [6.07, 6.45) is 0. The Morgan fingerprint density at radius 2 is 1.95 bits per heavy atom. The number of nitrogens with zero attached hydrogens (tertiary/aromatic N) is 2. The van der Waals surface area contributed by atoms with E-state index in [9.17, 15) is 4.79 Å². The smallest absolute Gasteiger partial charge is 0.250 e. The van der Waals surface area contributed by atoms with Crippen molar-refractivity contribution >= 4 is 17.3 Å². The number of piperazine rings is 1. The van der Waals surface area contributed by atoms with Crippen LogP contribution in [0.5, 0.6) is 0 Å². The lowest BCUT2D eigenvalue weighted by Crippen LogP contribution is -2.47. The molecule has 104 valence electrons. The number of rotatable bonds is 4. The summed E-state index contributed by atoms with van der Waals surface area (Å²) in [4.78, 5) is 15.8. The molecule has 1 aromatic carbocycles. The zero-order valence-electron chi connectivity index (χ0n) is 10.9. The number of primary amides is 1. The molecule has 0 unspecified atom stereocenters. The third-order valence-electron chi connectivity index (χ3n) is 3.42. The Bertz CT molecular complexity index is 456. The monoisotopic (exact) mass is 264 g/mol. The standard InChI is InChI=1S/C13H20N4O2/c14-10-1-2-11(13(15)19)12(9-10)17-5-3-16(4-6-17)7-8-18/h1-2,9,18H,3-8,14H2,(H2,15,19). The zero-order chi connectivity index (χ0) is 13.8. The highest BCUT2D eigenvalue weighted by Crippen LogP contribution is 2.24. The number of β-amino-alcohol motifs (C(OH)–C–C–N with tert-alkyl or cyclic N) is 1. The molecule has 1 aliphatic rings. The molecule has 1 fully saturated rings. The van der Waals surface area contributed by atoms with Gasteiger partial charge in [0.1, 0.15) is 0 Å². The van der Waals surface area contributed by atoms with Gasteiger partial charge in [0.15, 0.2) is 0 Å². The van der Waals surface area contributed by atoms with Gasteiger partial charge in [-0.15, -0.1) is 0 Å². The molecule has 1 heterocycles. The van der Waals surface area contributed by atoms with Crippen LogP contribution >= 0.6 is 0 Å². The Labute approximate surface area is 112 Å². The second-order valence-corrected chi connectivity index (χ2v) is 4.69. The molecule has 0 atom stereocenters. The molecule has 0 spiro atoms. The summed E-state index contributed by atoms with van der Waals surface area (Å²) in [6, 6.07) is 5.15. The van der Waals surface area contributed by atoms with Crippen LogP contribution in [0.15, 0.2) is 18.2 Å². The van der Waals surface area contributed by atoms with Crippen LogP contribution in [0.25, 0.3) is 0 Å². The van der Waals surface area contributed by atoms with Crippen LogP contribution in [0.1, 0.15) is 10.4 Å². The van der Waals surface area contributed by atoms with Crippen LogP contribution in [0.2, 0.25) is 0 Å². The van der Waals surface area contributed by atoms with E-state index in [0.717, 1.165) is 31.9 Å². The highest BCUT2D eigenvalue weighted by Gasteiger charge is 2.20. The van der Waals surface area contributed by atoms with E-state index < -0.39 is 5.91 Å². The van der Waals surface area contributed by atoms with Crippen molar-refractivity contribution in [3.63, 3.8) is 0 Å². The van der Waals surface area contributed by atoms with Crippen LogP contribution < -0.4 is 16.4 Å². The molecule has 0 radical (unpaired) electrons. The van der Waals surface area contributed by atoms with Crippen LogP contribution in [0.4, 0.5) is 11.4 Å². The van der Waals surface area contributed by atoms with Crippen molar-refractivity contribution in [3.05, 3.63) is 23.8 Å². The van der Waals surface area contributed by atoms with E-state index >= 15 is 0 Å². The highest BCUT2D eigenvalue weighted by atomic mass is 16.3. The number of hydrogen-bond donors (Lipinski definition) is 3. The number of anilines is 2. The third kappa shape index (κ3) is 3.15. The molecule has 5 N–H and O–H groups in total. The van der Waals surface area contributed by atoms with Gasteiger partial charge in [0, 0.05) is 38.4 Å². The molecule has 1 aromatic rings. The summed E-state index contributed by atoms with van der Waals surface area (Å²) in [6.45, 7) is 4.16. The van der Waals surface area contributed by atoms with Gasteiger partial charge < -0.3 is 21.5 Å². The van der Waals surface area contributed by atoms with E-state index in [1.807, 2.05) is 0 Å². The maximum atomic E-state index is 11.5. The van der Waals surface area contributed by atoms with Crippen molar-refractivity contribution < 1.29 is 9.90 Å². The molecule has 0 aliphatic carbocycles. The third-order valence-corrected chi connectivity index (χ3v) is 3.42. The van der Waals surface area contributed by atoms with Crippen molar-refractivity contribution in [2.24, 2.45) is 5.73 Å². The van der Waals surface area contributed by atoms with Gasteiger partial charge in [-0.1, -0.05) is 0 Å². The fraction of sp³-hybridized carbons (Fsp3) is 0.462. The van der Waals surface area contributed by atoms with Gasteiger partial charge >= 0.3 is 0 Å². The van der Waals surface area contributed by atoms with Crippen molar-refractivity contribution in [2.75, 3.05) is 50.0 Å². The first kappa shape index (κ1) is 13.6. The minimum atomic E-state index is -0.437. The fourth-order valence-corrected chi connectivity index (χ4v) is 2.37. The van der Waals surface area contributed by atoms with E-state index in [2.05, 4.69) is 9.80 Å². The van der Waals surface area contributed by atoms with Crippen molar-refractivity contribution in [1.82, 2.24) is 4.90 Å². The van der Waals surface area contributed by atoms with Crippen molar-refractivity contribution in [3.8, 4) is 0 Å². The first-order chi connectivity index (χ1) is 9.11. The van der Waals surface area contributed by atoms with Crippen molar-refractivity contribution in [2.45, 2.75) is 0 Å². The molecule has 6 heteroatoms. The number of aliphatic hydroxyl groups is 1. The lowest BCUT2D eigenvalue weighted by Gasteiger charge is -2.36. The molecule has 1 saturated heterocycles. The van der Waals surface area contributed by atoms with Gasteiger partial charge in [0.25, 0.3) is 5.91 Å². The Morgan fingerprint density at radius 1 is 1.26 bits per heavy atom. The van der Waals surface area contributed by atoms with Crippen LogP contribution in [0, 0.1) is 0 Å². The van der Waals surface area contributed by atoms with E-state index in [0.29, 0.717) is 17.8 Å². The maximum Gasteiger partial charge on any atom is 0.250 e. The summed E-state index contributed by atoms with van der Waals surface area (Å²) < 4.78 is 0. The number of carbonyl (C=O) groups is 1. The number of nitrogens with two attached hydrogens (primary N) is 2. The number of amides is 1. The van der Waals surface area contributed by atoms with Crippen LogP contribution in [-0.2, 0) is 0 Å². The van der Waals surface area contributed by atoms with Gasteiger partial charge in [0.05, 0.1) is 17.9 Å². The van der Waals surface area contributed by atoms with Crippen LogP contribution in [-0.4, -0.2) is 55.2 Å². The Hall–Kier alpha value is -1.79. The number of carbonyl (C=O) groups excluding carboxylic acids is 1. The van der Waals surface area contributed by atoms with E-state index in [1.54, 1.807) is 18.2 Å². The SMILES string of the molecule is NC(=O)c1ccc(N)cc1N1CCN(CCO)CC1. The Balaban J connectivity index is 2.14. The molecule has 1 amide bonds. The molecule has 1 aliphatic heterocycles. The first-order valence-corrected chi connectivity index (χ1v) is 6.39. The maximum absolute atomic E-state index is 11.5. The van der Waals surface area contributed by atoms with Gasteiger partial charge in [-0.2, -0.15) is 0 Å². The fourth-order valence-electron chi connectivity index (χ4n) is 2.37. The van der Waals surface area contributed by atoms with Gasteiger partial charge in [-0.3, -0.25) is 9.69 Å². The lowest BCUT2D eigenvalue weighted by atomic mass is 10.1. The quantitative estimate of drug-likeness (QED) is 0.636. The average Bonchev–Trinajstić information content (AvgIpc) is 2.39. The molecule has 0 saturated carbocycles. The molecule has 2 rings (SSSR count). The molecular formula is C13H20N4O2. The minimum absolute atomic E-state index is 0.171. The van der Waals surface area contributed by atoms with E-state index in [1.165, 1.54) is 0 Å².